The molecule has 0 bridgehead atoms. The Labute approximate surface area is 45.9 Å². The van der Waals surface area contributed by atoms with Gasteiger partial charge in [-0.2, -0.15) is 0 Å². The van der Waals surface area contributed by atoms with Crippen molar-refractivity contribution < 1.29 is 13.9 Å². The Morgan fingerprint density at radius 1 is 1.88 bits per heavy atom. The maximum absolute atomic E-state index is 11.0. The van der Waals surface area contributed by atoms with Crippen molar-refractivity contribution in [2.45, 2.75) is 0 Å². The number of ether oxygens (including phenoxy) is 1. The second-order valence-electron chi connectivity index (χ2n) is 0.992. The maximum Gasteiger partial charge on any atom is 0.404 e. The van der Waals surface area contributed by atoms with Crippen molar-refractivity contribution >= 4 is 6.09 Å². The molecule has 4 heteroatoms. The standard InChI is InChI=1S/C4H6FNO2/c5-2-1-3-8-4(6)7/h1-2H,3H2,(H2,6,7). The molecule has 0 aliphatic carbocycles. The van der Waals surface area contributed by atoms with E-state index in [1.807, 2.05) is 0 Å². The summed E-state index contributed by atoms with van der Waals surface area (Å²) in [7, 11) is 0. The van der Waals surface area contributed by atoms with Gasteiger partial charge in [-0.25, -0.2) is 9.18 Å². The maximum atomic E-state index is 11.0. The summed E-state index contributed by atoms with van der Waals surface area (Å²) >= 11 is 0. The summed E-state index contributed by atoms with van der Waals surface area (Å²) in [5.74, 6) is 0. The zero-order valence-electron chi connectivity index (χ0n) is 4.13. The molecule has 0 radical (unpaired) electrons. The molecule has 0 fully saturated rings. The van der Waals surface area contributed by atoms with E-state index in [0.29, 0.717) is 0 Å². The predicted octanol–water partition coefficient (Wildman–Crippen LogP) is 0.565. The van der Waals surface area contributed by atoms with Crippen molar-refractivity contribution in [2.75, 3.05) is 6.61 Å². The number of rotatable bonds is 2. The molecular weight excluding hydrogens is 113 g/mol. The second-order valence-corrected chi connectivity index (χ2v) is 0.992. The summed E-state index contributed by atoms with van der Waals surface area (Å²) in [6.45, 7) is -0.105. The first-order valence-electron chi connectivity index (χ1n) is 1.95. The van der Waals surface area contributed by atoms with Gasteiger partial charge in [0, 0.05) is 0 Å². The van der Waals surface area contributed by atoms with Gasteiger partial charge >= 0.3 is 6.09 Å². The van der Waals surface area contributed by atoms with E-state index in [2.05, 4.69) is 10.5 Å². The highest BCUT2D eigenvalue weighted by molar-refractivity contribution is 5.64. The van der Waals surface area contributed by atoms with Crippen LogP contribution in [-0.4, -0.2) is 12.7 Å². The van der Waals surface area contributed by atoms with E-state index in [0.717, 1.165) is 6.08 Å². The first-order valence-corrected chi connectivity index (χ1v) is 1.95. The highest BCUT2D eigenvalue weighted by atomic mass is 19.1. The Balaban J connectivity index is 3.05. The van der Waals surface area contributed by atoms with Crippen LogP contribution in [0, 0.1) is 0 Å². The molecule has 0 aliphatic heterocycles. The summed E-state index contributed by atoms with van der Waals surface area (Å²) in [4.78, 5) is 9.72. The van der Waals surface area contributed by atoms with Crippen LogP contribution in [0.25, 0.3) is 0 Å². The number of hydrogen-bond donors (Lipinski definition) is 1. The molecule has 0 aromatic heterocycles. The normalized spacial score (nSPS) is 9.62. The number of carbonyl (C=O) groups excluding carboxylic acids is 1. The topological polar surface area (TPSA) is 52.3 Å². The number of nitrogens with two attached hydrogens (primary N) is 1. The van der Waals surface area contributed by atoms with Crippen LogP contribution >= 0.6 is 0 Å². The van der Waals surface area contributed by atoms with Gasteiger partial charge in [0.25, 0.3) is 0 Å². The molecule has 0 heterocycles. The minimum atomic E-state index is -0.900. The molecule has 1 amide bonds. The smallest absolute Gasteiger partial charge is 0.404 e. The first kappa shape index (κ1) is 6.94. The van der Waals surface area contributed by atoms with Crippen molar-refractivity contribution in [1.82, 2.24) is 0 Å². The molecule has 0 aromatic rings. The lowest BCUT2D eigenvalue weighted by atomic mass is 10.7. The van der Waals surface area contributed by atoms with E-state index in [9.17, 15) is 9.18 Å². The molecule has 0 aromatic carbocycles. The second kappa shape index (κ2) is 4.11. The number of halogens is 1. The van der Waals surface area contributed by atoms with Gasteiger partial charge < -0.3 is 10.5 Å². The Morgan fingerprint density at radius 2 is 2.50 bits per heavy atom. The van der Waals surface area contributed by atoms with Gasteiger partial charge in [0.1, 0.15) is 6.61 Å². The Bertz CT molecular complexity index is 102. The lowest BCUT2D eigenvalue weighted by Gasteiger charge is -1.90. The third-order valence-corrected chi connectivity index (χ3v) is 0.411. The summed E-state index contributed by atoms with van der Waals surface area (Å²) in [6, 6.07) is 0. The van der Waals surface area contributed by atoms with Gasteiger partial charge in [0.2, 0.25) is 0 Å². The van der Waals surface area contributed by atoms with E-state index >= 15 is 0 Å². The van der Waals surface area contributed by atoms with Gasteiger partial charge in [-0.15, -0.1) is 0 Å². The SMILES string of the molecule is NC(=O)OCC=CF. The van der Waals surface area contributed by atoms with Crippen LogP contribution in [0.5, 0.6) is 0 Å². The van der Waals surface area contributed by atoms with Gasteiger partial charge in [-0.05, 0) is 6.08 Å². The lowest BCUT2D eigenvalue weighted by Crippen LogP contribution is -2.12. The van der Waals surface area contributed by atoms with Crippen molar-refractivity contribution in [3.05, 3.63) is 12.4 Å². The van der Waals surface area contributed by atoms with E-state index in [-0.39, 0.29) is 12.9 Å². The third-order valence-electron chi connectivity index (χ3n) is 0.411. The van der Waals surface area contributed by atoms with Crippen LogP contribution in [-0.2, 0) is 4.74 Å². The van der Waals surface area contributed by atoms with Crippen molar-refractivity contribution in [2.24, 2.45) is 5.73 Å². The molecule has 0 atom stereocenters. The zero-order chi connectivity index (χ0) is 6.41. The molecule has 3 nitrogen and oxygen atoms in total. The van der Waals surface area contributed by atoms with Crippen molar-refractivity contribution in [3.8, 4) is 0 Å². The quantitative estimate of drug-likeness (QED) is 0.577. The molecule has 0 spiro atoms. The predicted molar refractivity (Wildman–Crippen MR) is 25.8 cm³/mol. The third kappa shape index (κ3) is 4.94. The fourth-order valence-electron chi connectivity index (χ4n) is 0.167. The highest BCUT2D eigenvalue weighted by Gasteiger charge is 1.85. The molecule has 0 unspecified atom stereocenters. The molecular formula is C4H6FNO2. The highest BCUT2D eigenvalue weighted by Crippen LogP contribution is 1.76. The summed E-state index contributed by atoms with van der Waals surface area (Å²) in [5, 5.41) is 0. The van der Waals surface area contributed by atoms with Crippen LogP contribution < -0.4 is 5.73 Å². The molecule has 0 rings (SSSR count). The summed E-state index contributed by atoms with van der Waals surface area (Å²) in [5.41, 5.74) is 4.52. The fraction of sp³-hybridized carbons (Fsp3) is 0.250. The Morgan fingerprint density at radius 3 is 2.88 bits per heavy atom. The van der Waals surface area contributed by atoms with E-state index in [1.54, 1.807) is 0 Å². The lowest BCUT2D eigenvalue weighted by molar-refractivity contribution is 0.169. The minimum Gasteiger partial charge on any atom is -0.445 e. The zero-order valence-corrected chi connectivity index (χ0v) is 4.13. The van der Waals surface area contributed by atoms with Crippen LogP contribution in [0.2, 0.25) is 0 Å². The number of amides is 1. The van der Waals surface area contributed by atoms with E-state index in [4.69, 9.17) is 0 Å². The molecule has 0 saturated carbocycles. The van der Waals surface area contributed by atoms with Crippen LogP contribution in [0.15, 0.2) is 12.4 Å². The summed E-state index contributed by atoms with van der Waals surface area (Å²) < 4.78 is 15.1. The Kier molecular flexibility index (Phi) is 3.56. The van der Waals surface area contributed by atoms with Crippen LogP contribution in [0.4, 0.5) is 9.18 Å². The van der Waals surface area contributed by atoms with Gasteiger partial charge in [-0.1, -0.05) is 0 Å². The average molecular weight is 119 g/mol. The summed E-state index contributed by atoms with van der Waals surface area (Å²) in [6.07, 6.45) is 0.413. The van der Waals surface area contributed by atoms with Gasteiger partial charge in [-0.3, -0.25) is 0 Å². The number of hydrogen-bond acceptors (Lipinski definition) is 2. The van der Waals surface area contributed by atoms with Crippen LogP contribution in [0.3, 0.4) is 0 Å². The Hall–Kier alpha value is -1.06. The average Bonchev–Trinajstić information content (AvgIpc) is 1.66. The molecule has 2 N–H and O–H groups in total. The van der Waals surface area contributed by atoms with Crippen molar-refractivity contribution in [3.63, 3.8) is 0 Å². The minimum absolute atomic E-state index is 0.105. The number of carbonyl (C=O) groups is 1. The number of primary amides is 1. The van der Waals surface area contributed by atoms with Crippen molar-refractivity contribution in [1.29, 1.82) is 0 Å². The molecule has 8 heavy (non-hydrogen) atoms. The largest absolute Gasteiger partial charge is 0.445 e. The van der Waals surface area contributed by atoms with Gasteiger partial charge in [0.15, 0.2) is 0 Å². The molecule has 46 valence electrons. The van der Waals surface area contributed by atoms with E-state index < -0.39 is 6.09 Å². The van der Waals surface area contributed by atoms with E-state index in [1.165, 1.54) is 0 Å². The first-order chi connectivity index (χ1) is 3.77. The van der Waals surface area contributed by atoms with Gasteiger partial charge in [0.05, 0.1) is 6.33 Å². The fourth-order valence-corrected chi connectivity index (χ4v) is 0.167. The molecule has 0 saturated heterocycles. The molecule has 0 aliphatic rings. The van der Waals surface area contributed by atoms with Crippen LogP contribution in [0.1, 0.15) is 0 Å². The monoisotopic (exact) mass is 119 g/mol.